The molecule has 0 heterocycles. The lowest BCUT2D eigenvalue weighted by Gasteiger charge is -2.07. The Kier molecular flexibility index (Phi) is 6.22. The summed E-state index contributed by atoms with van der Waals surface area (Å²) in [7, 11) is 0. The molecule has 6 heteroatoms. The fraction of sp³-hybridized carbons (Fsp3) is 0.357. The Balaban J connectivity index is 2.27. The van der Waals surface area contributed by atoms with E-state index in [1.807, 2.05) is 13.0 Å². The van der Waals surface area contributed by atoms with Crippen molar-refractivity contribution in [2.45, 2.75) is 19.8 Å². The smallest absolute Gasteiger partial charge is 0.303 e. The van der Waals surface area contributed by atoms with Crippen molar-refractivity contribution in [3.05, 3.63) is 35.4 Å². The van der Waals surface area contributed by atoms with E-state index >= 15 is 0 Å². The second kappa shape index (κ2) is 7.93. The minimum atomic E-state index is -0.896. The van der Waals surface area contributed by atoms with Gasteiger partial charge in [-0.2, -0.15) is 0 Å². The van der Waals surface area contributed by atoms with Crippen molar-refractivity contribution < 1.29 is 19.5 Å². The Morgan fingerprint density at radius 1 is 1.20 bits per heavy atom. The van der Waals surface area contributed by atoms with Crippen LogP contribution in [0.1, 0.15) is 28.8 Å². The van der Waals surface area contributed by atoms with Crippen LogP contribution >= 0.6 is 0 Å². The van der Waals surface area contributed by atoms with E-state index in [4.69, 9.17) is 5.11 Å². The monoisotopic (exact) mass is 278 g/mol. The third-order valence-electron chi connectivity index (χ3n) is 2.58. The van der Waals surface area contributed by atoms with Gasteiger partial charge in [0.1, 0.15) is 0 Å². The highest BCUT2D eigenvalue weighted by Crippen LogP contribution is 2.03. The molecule has 0 saturated heterocycles. The number of amides is 2. The Morgan fingerprint density at radius 3 is 2.60 bits per heavy atom. The van der Waals surface area contributed by atoms with E-state index in [1.165, 1.54) is 0 Å². The molecule has 0 saturated carbocycles. The zero-order valence-electron chi connectivity index (χ0n) is 11.3. The van der Waals surface area contributed by atoms with E-state index in [0.29, 0.717) is 12.0 Å². The van der Waals surface area contributed by atoms with Gasteiger partial charge in [0, 0.05) is 18.5 Å². The van der Waals surface area contributed by atoms with Crippen LogP contribution in [0.3, 0.4) is 0 Å². The van der Waals surface area contributed by atoms with E-state index in [1.54, 1.807) is 18.2 Å². The van der Waals surface area contributed by atoms with Crippen LogP contribution in [0.4, 0.5) is 0 Å². The number of aliphatic carboxylic acids is 1. The summed E-state index contributed by atoms with van der Waals surface area (Å²) in [5, 5.41) is 13.5. The molecule has 1 rings (SSSR count). The molecule has 0 aliphatic carbocycles. The highest BCUT2D eigenvalue weighted by Gasteiger charge is 2.07. The number of aryl methyl sites for hydroxylation is 1. The Labute approximate surface area is 117 Å². The first kappa shape index (κ1) is 15.7. The highest BCUT2D eigenvalue weighted by molar-refractivity contribution is 5.96. The van der Waals surface area contributed by atoms with Gasteiger partial charge in [-0.05, 0) is 25.5 Å². The maximum Gasteiger partial charge on any atom is 0.303 e. The number of benzene rings is 1. The normalized spacial score (nSPS) is 9.85. The number of carboxylic acids is 1. The Hall–Kier alpha value is -2.37. The minimum Gasteiger partial charge on any atom is -0.481 e. The van der Waals surface area contributed by atoms with Crippen LogP contribution in [0.15, 0.2) is 24.3 Å². The van der Waals surface area contributed by atoms with Gasteiger partial charge in [-0.3, -0.25) is 14.4 Å². The van der Waals surface area contributed by atoms with E-state index < -0.39 is 5.97 Å². The molecular weight excluding hydrogens is 260 g/mol. The second-order valence-corrected chi connectivity index (χ2v) is 4.40. The molecule has 0 aliphatic rings. The van der Waals surface area contributed by atoms with Gasteiger partial charge in [-0.25, -0.2) is 0 Å². The number of nitrogens with one attached hydrogen (secondary N) is 2. The average Bonchev–Trinajstić information content (AvgIpc) is 2.40. The van der Waals surface area contributed by atoms with Gasteiger partial charge in [-0.15, -0.1) is 0 Å². The number of rotatable bonds is 7. The van der Waals surface area contributed by atoms with Gasteiger partial charge < -0.3 is 15.7 Å². The predicted molar refractivity (Wildman–Crippen MR) is 73.4 cm³/mol. The van der Waals surface area contributed by atoms with Crippen molar-refractivity contribution >= 4 is 17.8 Å². The SMILES string of the molecule is Cc1cccc(C(=O)NCC(=O)NCCCC(=O)O)c1. The van der Waals surface area contributed by atoms with Crippen LogP contribution in [0.2, 0.25) is 0 Å². The van der Waals surface area contributed by atoms with Crippen LogP contribution < -0.4 is 10.6 Å². The predicted octanol–water partition coefficient (Wildman–Crippen LogP) is 0.706. The third kappa shape index (κ3) is 5.99. The molecule has 0 fully saturated rings. The fourth-order valence-corrected chi connectivity index (χ4v) is 1.58. The summed E-state index contributed by atoms with van der Waals surface area (Å²) in [4.78, 5) is 33.4. The van der Waals surface area contributed by atoms with Crippen molar-refractivity contribution in [1.82, 2.24) is 10.6 Å². The van der Waals surface area contributed by atoms with Crippen molar-refractivity contribution in [1.29, 1.82) is 0 Å². The molecule has 6 nitrogen and oxygen atoms in total. The largest absolute Gasteiger partial charge is 0.481 e. The van der Waals surface area contributed by atoms with Crippen LogP contribution in [0.5, 0.6) is 0 Å². The first-order chi connectivity index (χ1) is 9.49. The Bertz CT molecular complexity index is 500. The average molecular weight is 278 g/mol. The van der Waals surface area contributed by atoms with Crippen molar-refractivity contribution in [3.63, 3.8) is 0 Å². The molecule has 2 amide bonds. The first-order valence-electron chi connectivity index (χ1n) is 6.32. The molecule has 0 bridgehead atoms. The van der Waals surface area contributed by atoms with Crippen LogP contribution in [-0.4, -0.2) is 36.0 Å². The third-order valence-corrected chi connectivity index (χ3v) is 2.58. The molecular formula is C14H18N2O4. The summed E-state index contributed by atoms with van der Waals surface area (Å²) in [6.45, 7) is 2.04. The summed E-state index contributed by atoms with van der Waals surface area (Å²) in [6, 6.07) is 7.06. The summed E-state index contributed by atoms with van der Waals surface area (Å²) < 4.78 is 0. The van der Waals surface area contributed by atoms with Crippen LogP contribution in [0.25, 0.3) is 0 Å². The lowest BCUT2D eigenvalue weighted by atomic mass is 10.1. The zero-order chi connectivity index (χ0) is 15.0. The van der Waals surface area contributed by atoms with Gasteiger partial charge in [0.15, 0.2) is 0 Å². The number of carbonyl (C=O) groups excluding carboxylic acids is 2. The highest BCUT2D eigenvalue weighted by atomic mass is 16.4. The molecule has 0 unspecified atom stereocenters. The molecule has 1 aromatic rings. The van der Waals surface area contributed by atoms with E-state index in [-0.39, 0.29) is 31.3 Å². The molecule has 0 radical (unpaired) electrons. The lowest BCUT2D eigenvalue weighted by molar-refractivity contribution is -0.137. The van der Waals surface area contributed by atoms with Crippen molar-refractivity contribution in [2.24, 2.45) is 0 Å². The van der Waals surface area contributed by atoms with E-state index in [0.717, 1.165) is 5.56 Å². The van der Waals surface area contributed by atoms with Crippen LogP contribution in [0, 0.1) is 6.92 Å². The van der Waals surface area contributed by atoms with Crippen molar-refractivity contribution in [2.75, 3.05) is 13.1 Å². The summed E-state index contributed by atoms with van der Waals surface area (Å²) >= 11 is 0. The van der Waals surface area contributed by atoms with Gasteiger partial charge in [-0.1, -0.05) is 17.7 Å². The molecule has 20 heavy (non-hydrogen) atoms. The summed E-state index contributed by atoms with van der Waals surface area (Å²) in [5.74, 6) is -1.54. The molecule has 108 valence electrons. The fourth-order valence-electron chi connectivity index (χ4n) is 1.58. The van der Waals surface area contributed by atoms with E-state index in [2.05, 4.69) is 10.6 Å². The van der Waals surface area contributed by atoms with Gasteiger partial charge in [0.05, 0.1) is 6.54 Å². The van der Waals surface area contributed by atoms with Gasteiger partial charge in [0.2, 0.25) is 5.91 Å². The van der Waals surface area contributed by atoms with Gasteiger partial charge >= 0.3 is 5.97 Å². The summed E-state index contributed by atoms with van der Waals surface area (Å²) in [5.41, 5.74) is 1.47. The molecule has 0 atom stereocenters. The standard InChI is InChI=1S/C14H18N2O4/c1-10-4-2-5-11(8-10)14(20)16-9-12(17)15-7-3-6-13(18)19/h2,4-5,8H,3,6-7,9H2,1H3,(H,15,17)(H,16,20)(H,18,19). The maximum atomic E-state index is 11.8. The number of hydrogen-bond donors (Lipinski definition) is 3. The lowest BCUT2D eigenvalue weighted by Crippen LogP contribution is -2.37. The molecule has 3 N–H and O–H groups in total. The van der Waals surface area contributed by atoms with Crippen molar-refractivity contribution in [3.8, 4) is 0 Å². The van der Waals surface area contributed by atoms with Gasteiger partial charge in [0.25, 0.3) is 5.91 Å². The number of hydrogen-bond acceptors (Lipinski definition) is 3. The molecule has 1 aromatic carbocycles. The molecule has 0 spiro atoms. The first-order valence-corrected chi connectivity index (χ1v) is 6.32. The van der Waals surface area contributed by atoms with Crippen LogP contribution in [-0.2, 0) is 9.59 Å². The zero-order valence-corrected chi connectivity index (χ0v) is 11.3. The number of carboxylic acid groups (broad SMARTS) is 1. The Morgan fingerprint density at radius 2 is 1.95 bits per heavy atom. The molecule has 0 aliphatic heterocycles. The quantitative estimate of drug-likeness (QED) is 0.640. The second-order valence-electron chi connectivity index (χ2n) is 4.40. The molecule has 0 aromatic heterocycles. The topological polar surface area (TPSA) is 95.5 Å². The summed E-state index contributed by atoms with van der Waals surface area (Å²) in [6.07, 6.45) is 0.378. The number of carbonyl (C=O) groups is 3. The minimum absolute atomic E-state index is 0.00985. The maximum absolute atomic E-state index is 11.8. The van der Waals surface area contributed by atoms with E-state index in [9.17, 15) is 14.4 Å².